The molecule has 6 heteroatoms. The average Bonchev–Trinajstić information content (AvgIpc) is 3.04. The monoisotopic (exact) mass is 311 g/mol. The van der Waals surface area contributed by atoms with Crippen molar-refractivity contribution in [2.45, 2.75) is 56.8 Å². The van der Waals surface area contributed by atoms with E-state index in [1.54, 1.807) is 0 Å². The molecular formula is C16H29N3O3. The van der Waals surface area contributed by atoms with E-state index in [0.29, 0.717) is 13.2 Å². The molecule has 2 N–H and O–H groups in total. The van der Waals surface area contributed by atoms with E-state index in [9.17, 15) is 5.11 Å². The Hall–Kier alpha value is -0.850. The maximum Gasteiger partial charge on any atom is 0.194 e. The highest BCUT2D eigenvalue weighted by Gasteiger charge is 2.35. The quantitative estimate of drug-likeness (QED) is 0.592. The van der Waals surface area contributed by atoms with E-state index in [1.807, 2.05) is 0 Å². The Morgan fingerprint density at radius 2 is 2.09 bits per heavy atom. The highest BCUT2D eigenvalue weighted by atomic mass is 16.5. The van der Waals surface area contributed by atoms with Crippen LogP contribution in [0.25, 0.3) is 0 Å². The summed E-state index contributed by atoms with van der Waals surface area (Å²) in [6.45, 7) is 6.62. The van der Waals surface area contributed by atoms with Crippen LogP contribution in [0.1, 0.15) is 39.0 Å². The number of nitrogens with zero attached hydrogens (tertiary/aromatic N) is 2. The lowest BCUT2D eigenvalue weighted by Gasteiger charge is -2.38. The van der Waals surface area contributed by atoms with E-state index < -0.39 is 5.60 Å². The number of aliphatic imine (C=N–C) groups is 1. The molecule has 2 atom stereocenters. The second kappa shape index (κ2) is 7.15. The van der Waals surface area contributed by atoms with Crippen molar-refractivity contribution in [2.24, 2.45) is 4.99 Å². The van der Waals surface area contributed by atoms with Gasteiger partial charge in [-0.25, -0.2) is 0 Å². The third-order valence-electron chi connectivity index (χ3n) is 4.91. The number of morpholine rings is 1. The molecule has 0 aromatic carbocycles. The van der Waals surface area contributed by atoms with Gasteiger partial charge in [-0.15, -0.1) is 0 Å². The van der Waals surface area contributed by atoms with E-state index in [1.165, 1.54) is 0 Å². The number of hydrogen-bond donors (Lipinski definition) is 2. The summed E-state index contributed by atoms with van der Waals surface area (Å²) in [7, 11) is 0. The summed E-state index contributed by atoms with van der Waals surface area (Å²) in [5, 5.41) is 13.6. The van der Waals surface area contributed by atoms with Crippen LogP contribution in [0.2, 0.25) is 0 Å². The van der Waals surface area contributed by atoms with E-state index in [-0.39, 0.29) is 12.2 Å². The molecule has 2 heterocycles. The molecule has 2 saturated heterocycles. The smallest absolute Gasteiger partial charge is 0.194 e. The predicted molar refractivity (Wildman–Crippen MR) is 85.1 cm³/mol. The summed E-state index contributed by atoms with van der Waals surface area (Å²) in [6, 6.07) is 0. The summed E-state index contributed by atoms with van der Waals surface area (Å²) in [5.41, 5.74) is -0.569. The lowest BCUT2D eigenvalue weighted by molar-refractivity contribution is -0.0818. The SMILES string of the molecule is CCNC(=NCC1(O)CCC1)N1CCOC(C2CCCO2)C1. The van der Waals surface area contributed by atoms with Crippen molar-refractivity contribution in [3.8, 4) is 0 Å². The maximum absolute atomic E-state index is 10.3. The van der Waals surface area contributed by atoms with Crippen molar-refractivity contribution in [3.63, 3.8) is 0 Å². The zero-order chi connectivity index (χ0) is 15.4. The summed E-state index contributed by atoms with van der Waals surface area (Å²) in [6.07, 6.45) is 5.43. The second-order valence-corrected chi connectivity index (χ2v) is 6.65. The summed E-state index contributed by atoms with van der Waals surface area (Å²) < 4.78 is 11.7. The zero-order valence-corrected chi connectivity index (χ0v) is 13.6. The van der Waals surface area contributed by atoms with E-state index in [2.05, 4.69) is 22.1 Å². The topological polar surface area (TPSA) is 66.3 Å². The number of rotatable bonds is 4. The molecule has 126 valence electrons. The van der Waals surface area contributed by atoms with Gasteiger partial charge in [-0.1, -0.05) is 0 Å². The Kier molecular flexibility index (Phi) is 5.21. The van der Waals surface area contributed by atoms with E-state index >= 15 is 0 Å². The normalized spacial score (nSPS) is 31.9. The third kappa shape index (κ3) is 3.73. The van der Waals surface area contributed by atoms with Gasteiger partial charge in [0.15, 0.2) is 5.96 Å². The van der Waals surface area contributed by atoms with Gasteiger partial charge in [-0.05, 0) is 39.0 Å². The van der Waals surface area contributed by atoms with Crippen LogP contribution in [0, 0.1) is 0 Å². The zero-order valence-electron chi connectivity index (χ0n) is 13.6. The molecule has 1 saturated carbocycles. The molecule has 2 aliphatic heterocycles. The molecule has 0 bridgehead atoms. The highest BCUT2D eigenvalue weighted by molar-refractivity contribution is 5.80. The third-order valence-corrected chi connectivity index (χ3v) is 4.91. The van der Waals surface area contributed by atoms with Gasteiger partial charge in [0.2, 0.25) is 0 Å². The minimum Gasteiger partial charge on any atom is -0.388 e. The molecule has 0 aromatic rings. The van der Waals surface area contributed by atoms with Gasteiger partial charge in [-0.2, -0.15) is 0 Å². The fourth-order valence-corrected chi connectivity index (χ4v) is 3.38. The molecule has 3 fully saturated rings. The van der Waals surface area contributed by atoms with Crippen LogP contribution in [0.15, 0.2) is 4.99 Å². The van der Waals surface area contributed by atoms with Gasteiger partial charge in [0.1, 0.15) is 6.10 Å². The first-order valence-corrected chi connectivity index (χ1v) is 8.69. The summed E-state index contributed by atoms with van der Waals surface area (Å²) >= 11 is 0. The minimum absolute atomic E-state index is 0.131. The van der Waals surface area contributed by atoms with Gasteiger partial charge in [0.25, 0.3) is 0 Å². The molecule has 3 aliphatic rings. The van der Waals surface area contributed by atoms with Gasteiger partial charge in [0, 0.05) is 26.2 Å². The molecule has 0 amide bonds. The highest BCUT2D eigenvalue weighted by Crippen LogP contribution is 2.31. The fraction of sp³-hybridized carbons (Fsp3) is 0.938. The van der Waals surface area contributed by atoms with Crippen LogP contribution in [0.4, 0.5) is 0 Å². The Morgan fingerprint density at radius 1 is 1.27 bits per heavy atom. The first-order valence-electron chi connectivity index (χ1n) is 8.69. The van der Waals surface area contributed by atoms with Crippen LogP contribution in [-0.4, -0.2) is 73.2 Å². The van der Waals surface area contributed by atoms with Gasteiger partial charge >= 0.3 is 0 Å². The first-order chi connectivity index (χ1) is 10.7. The summed E-state index contributed by atoms with van der Waals surface area (Å²) in [5.74, 6) is 0.897. The molecule has 1 aliphatic carbocycles. The number of hydrogen-bond acceptors (Lipinski definition) is 4. The number of aliphatic hydroxyl groups is 1. The van der Waals surface area contributed by atoms with Crippen molar-refractivity contribution in [1.82, 2.24) is 10.2 Å². The van der Waals surface area contributed by atoms with Gasteiger partial charge < -0.3 is 24.8 Å². The second-order valence-electron chi connectivity index (χ2n) is 6.65. The van der Waals surface area contributed by atoms with E-state index in [4.69, 9.17) is 9.47 Å². The van der Waals surface area contributed by atoms with Crippen molar-refractivity contribution < 1.29 is 14.6 Å². The Labute approximate surface area is 132 Å². The van der Waals surface area contributed by atoms with Crippen molar-refractivity contribution in [1.29, 1.82) is 0 Å². The molecule has 0 radical (unpaired) electrons. The number of guanidine groups is 1. The van der Waals surface area contributed by atoms with Crippen LogP contribution >= 0.6 is 0 Å². The number of nitrogens with one attached hydrogen (secondary N) is 1. The van der Waals surface area contributed by atoms with Crippen molar-refractivity contribution in [3.05, 3.63) is 0 Å². The Balaban J connectivity index is 1.60. The minimum atomic E-state index is -0.569. The Morgan fingerprint density at radius 3 is 2.73 bits per heavy atom. The standard InChI is InChI=1S/C16H29N3O3/c1-2-17-15(18-12-16(20)6-4-7-16)19-8-10-22-14(11-19)13-5-3-9-21-13/h13-14,20H,2-12H2,1H3,(H,17,18). The first kappa shape index (κ1) is 16.0. The lowest BCUT2D eigenvalue weighted by Crippen LogP contribution is -2.53. The van der Waals surface area contributed by atoms with Gasteiger partial charge in [0.05, 0.1) is 24.9 Å². The molecule has 0 aromatic heterocycles. The molecule has 6 nitrogen and oxygen atoms in total. The molecule has 2 unspecified atom stereocenters. The van der Waals surface area contributed by atoms with E-state index in [0.717, 1.165) is 64.3 Å². The predicted octanol–water partition coefficient (Wildman–Crippen LogP) is 0.747. The molecule has 0 spiro atoms. The van der Waals surface area contributed by atoms with Crippen LogP contribution in [-0.2, 0) is 9.47 Å². The fourth-order valence-electron chi connectivity index (χ4n) is 3.38. The van der Waals surface area contributed by atoms with Crippen molar-refractivity contribution >= 4 is 5.96 Å². The Bertz CT molecular complexity index is 392. The largest absolute Gasteiger partial charge is 0.388 e. The van der Waals surface area contributed by atoms with Gasteiger partial charge in [-0.3, -0.25) is 4.99 Å². The molecule has 3 rings (SSSR count). The lowest BCUT2D eigenvalue weighted by atomic mass is 9.80. The van der Waals surface area contributed by atoms with Crippen LogP contribution in [0.3, 0.4) is 0 Å². The van der Waals surface area contributed by atoms with Crippen LogP contribution in [0.5, 0.6) is 0 Å². The molecule has 22 heavy (non-hydrogen) atoms. The maximum atomic E-state index is 10.3. The summed E-state index contributed by atoms with van der Waals surface area (Å²) in [4.78, 5) is 6.93. The van der Waals surface area contributed by atoms with Crippen molar-refractivity contribution in [2.75, 3.05) is 39.4 Å². The number of ether oxygens (including phenoxy) is 2. The average molecular weight is 311 g/mol. The molecular weight excluding hydrogens is 282 g/mol. The van der Waals surface area contributed by atoms with Crippen LogP contribution < -0.4 is 5.32 Å².